The third-order valence-electron chi connectivity index (χ3n) is 1.68. The number of halogens is 3. The van der Waals surface area contributed by atoms with Crippen molar-refractivity contribution in [3.63, 3.8) is 0 Å². The molecule has 0 heterocycles. The summed E-state index contributed by atoms with van der Waals surface area (Å²) in [5.41, 5.74) is -0.447. The van der Waals surface area contributed by atoms with Gasteiger partial charge < -0.3 is 4.74 Å². The van der Waals surface area contributed by atoms with Crippen LogP contribution in [-0.2, 0) is 4.74 Å². The standard InChI is InChI=1S/C9H6F3NO4/c10-9(11,12)5-17-8(14)6-1-3-7(4-2-6)13(15)16/h1-4H,5H2. The minimum Gasteiger partial charge on any atom is -0.452 e. The quantitative estimate of drug-likeness (QED) is 0.468. The lowest BCUT2D eigenvalue weighted by molar-refractivity contribution is -0.384. The molecule has 0 aromatic heterocycles. The Hall–Kier alpha value is -2.12. The Morgan fingerprint density at radius 2 is 1.82 bits per heavy atom. The second-order valence-electron chi connectivity index (χ2n) is 3.00. The van der Waals surface area contributed by atoms with Gasteiger partial charge in [-0.25, -0.2) is 4.79 Å². The fraction of sp³-hybridized carbons (Fsp3) is 0.222. The summed E-state index contributed by atoms with van der Waals surface area (Å²) >= 11 is 0. The number of hydrogen-bond acceptors (Lipinski definition) is 4. The average molecular weight is 249 g/mol. The number of benzene rings is 1. The maximum Gasteiger partial charge on any atom is 0.422 e. The zero-order valence-electron chi connectivity index (χ0n) is 8.23. The molecule has 1 aromatic rings. The molecule has 0 atom stereocenters. The largest absolute Gasteiger partial charge is 0.452 e. The van der Waals surface area contributed by atoms with E-state index in [1.165, 1.54) is 0 Å². The Bertz CT molecular complexity index is 427. The third kappa shape index (κ3) is 4.09. The first-order valence-corrected chi connectivity index (χ1v) is 4.28. The number of carbonyl (C=O) groups excluding carboxylic acids is 1. The lowest BCUT2D eigenvalue weighted by Crippen LogP contribution is -2.20. The summed E-state index contributed by atoms with van der Waals surface area (Å²) in [6, 6.07) is 4.06. The van der Waals surface area contributed by atoms with Crippen LogP contribution >= 0.6 is 0 Å². The molecule has 0 amide bonds. The van der Waals surface area contributed by atoms with Crippen molar-refractivity contribution in [1.82, 2.24) is 0 Å². The third-order valence-corrected chi connectivity index (χ3v) is 1.68. The SMILES string of the molecule is O=C(OCC(F)(F)F)c1ccc([N+](=O)[O-])cc1. The van der Waals surface area contributed by atoms with Crippen molar-refractivity contribution in [2.24, 2.45) is 0 Å². The van der Waals surface area contributed by atoms with E-state index in [1.54, 1.807) is 0 Å². The molecule has 0 aliphatic carbocycles. The van der Waals surface area contributed by atoms with Crippen molar-refractivity contribution >= 4 is 11.7 Å². The molecule has 8 heteroatoms. The molecule has 1 aromatic carbocycles. The van der Waals surface area contributed by atoms with Gasteiger partial charge in [-0.3, -0.25) is 10.1 Å². The molecule has 0 unspecified atom stereocenters. The lowest BCUT2D eigenvalue weighted by atomic mass is 10.2. The molecule has 5 nitrogen and oxygen atoms in total. The summed E-state index contributed by atoms with van der Waals surface area (Å²) in [5, 5.41) is 10.3. The van der Waals surface area contributed by atoms with Crippen LogP contribution in [0.25, 0.3) is 0 Å². The minimum atomic E-state index is -4.60. The number of nitro groups is 1. The molecule has 0 spiro atoms. The van der Waals surface area contributed by atoms with Crippen molar-refractivity contribution < 1.29 is 27.6 Å². The van der Waals surface area contributed by atoms with E-state index >= 15 is 0 Å². The van der Waals surface area contributed by atoms with Crippen LogP contribution in [0.3, 0.4) is 0 Å². The Labute approximate surface area is 93.0 Å². The van der Waals surface area contributed by atoms with E-state index in [9.17, 15) is 28.1 Å². The Morgan fingerprint density at radius 1 is 1.29 bits per heavy atom. The number of hydrogen-bond donors (Lipinski definition) is 0. The van der Waals surface area contributed by atoms with Gasteiger partial charge in [0.1, 0.15) is 0 Å². The molecule has 0 saturated carbocycles. The number of nitrogens with zero attached hydrogens (tertiary/aromatic N) is 1. The van der Waals surface area contributed by atoms with Gasteiger partial charge in [-0.15, -0.1) is 0 Å². The van der Waals surface area contributed by atoms with Crippen molar-refractivity contribution in [2.45, 2.75) is 6.18 Å². The summed E-state index contributed by atoms with van der Waals surface area (Å²) in [7, 11) is 0. The first-order chi connectivity index (χ1) is 7.79. The highest BCUT2D eigenvalue weighted by molar-refractivity contribution is 5.89. The fourth-order valence-electron chi connectivity index (χ4n) is 0.950. The molecular formula is C9H6F3NO4. The maximum absolute atomic E-state index is 11.7. The number of nitro benzene ring substituents is 1. The highest BCUT2D eigenvalue weighted by Gasteiger charge is 2.29. The van der Waals surface area contributed by atoms with E-state index < -0.39 is 23.7 Å². The molecular weight excluding hydrogens is 243 g/mol. The van der Waals surface area contributed by atoms with E-state index in [1.807, 2.05) is 0 Å². The minimum absolute atomic E-state index is 0.181. The molecule has 17 heavy (non-hydrogen) atoms. The first kappa shape index (κ1) is 12.9. The molecule has 0 fully saturated rings. The van der Waals surface area contributed by atoms with Gasteiger partial charge in [0.2, 0.25) is 0 Å². The molecule has 0 N–H and O–H groups in total. The fourth-order valence-corrected chi connectivity index (χ4v) is 0.950. The van der Waals surface area contributed by atoms with Crippen LogP contribution in [0.1, 0.15) is 10.4 Å². The van der Waals surface area contributed by atoms with Crippen molar-refractivity contribution in [2.75, 3.05) is 6.61 Å². The van der Waals surface area contributed by atoms with Crippen LogP contribution in [0, 0.1) is 10.1 Å². The van der Waals surface area contributed by atoms with Crippen LogP contribution < -0.4 is 0 Å². The predicted molar refractivity (Wildman–Crippen MR) is 49.4 cm³/mol. The second-order valence-corrected chi connectivity index (χ2v) is 3.00. The molecule has 0 aliphatic heterocycles. The highest BCUT2D eigenvalue weighted by Crippen LogP contribution is 2.17. The van der Waals surface area contributed by atoms with Gasteiger partial charge in [0.15, 0.2) is 6.61 Å². The predicted octanol–water partition coefficient (Wildman–Crippen LogP) is 2.31. The molecule has 0 saturated heterocycles. The summed E-state index contributed by atoms with van der Waals surface area (Å²) < 4.78 is 39.2. The number of esters is 1. The van der Waals surface area contributed by atoms with Crippen molar-refractivity contribution in [3.05, 3.63) is 39.9 Å². The molecule has 0 radical (unpaired) electrons. The zero-order chi connectivity index (χ0) is 13.1. The van der Waals surface area contributed by atoms with Gasteiger partial charge in [0.25, 0.3) is 5.69 Å². The van der Waals surface area contributed by atoms with Gasteiger partial charge >= 0.3 is 12.1 Å². The van der Waals surface area contributed by atoms with Crippen LogP contribution in [0.2, 0.25) is 0 Å². The normalized spacial score (nSPS) is 11.0. The van der Waals surface area contributed by atoms with Crippen LogP contribution in [-0.4, -0.2) is 23.7 Å². The Morgan fingerprint density at radius 3 is 2.24 bits per heavy atom. The van der Waals surface area contributed by atoms with Gasteiger partial charge in [-0.05, 0) is 12.1 Å². The zero-order valence-corrected chi connectivity index (χ0v) is 8.23. The average Bonchev–Trinajstić information content (AvgIpc) is 2.25. The number of rotatable bonds is 3. The number of non-ortho nitro benzene ring substituents is 1. The van der Waals surface area contributed by atoms with Gasteiger partial charge in [0.05, 0.1) is 10.5 Å². The van der Waals surface area contributed by atoms with Gasteiger partial charge in [-0.2, -0.15) is 13.2 Å². The number of ether oxygens (including phenoxy) is 1. The summed E-state index contributed by atoms with van der Waals surface area (Å²) in [6.45, 7) is -1.69. The van der Waals surface area contributed by atoms with Crippen molar-refractivity contribution in [3.8, 4) is 0 Å². The summed E-state index contributed by atoms with van der Waals surface area (Å²) in [4.78, 5) is 20.7. The van der Waals surface area contributed by atoms with Crippen LogP contribution in [0.4, 0.5) is 18.9 Å². The molecule has 0 bridgehead atoms. The van der Waals surface area contributed by atoms with E-state index in [0.29, 0.717) is 0 Å². The van der Waals surface area contributed by atoms with Crippen molar-refractivity contribution in [1.29, 1.82) is 0 Å². The smallest absolute Gasteiger partial charge is 0.422 e. The maximum atomic E-state index is 11.7. The first-order valence-electron chi connectivity index (χ1n) is 4.28. The second kappa shape index (κ2) is 4.81. The highest BCUT2D eigenvalue weighted by atomic mass is 19.4. The van der Waals surface area contributed by atoms with E-state index in [4.69, 9.17) is 0 Å². The summed E-state index contributed by atoms with van der Waals surface area (Å²) in [6.07, 6.45) is -4.60. The summed E-state index contributed by atoms with van der Waals surface area (Å²) in [5.74, 6) is -1.18. The Balaban J connectivity index is 2.67. The topological polar surface area (TPSA) is 69.4 Å². The van der Waals surface area contributed by atoms with E-state index in [0.717, 1.165) is 24.3 Å². The molecule has 0 aliphatic rings. The monoisotopic (exact) mass is 249 g/mol. The lowest BCUT2D eigenvalue weighted by Gasteiger charge is -2.07. The molecule has 92 valence electrons. The number of alkyl halides is 3. The van der Waals surface area contributed by atoms with Gasteiger partial charge in [-0.1, -0.05) is 0 Å². The van der Waals surface area contributed by atoms with Crippen LogP contribution in [0.5, 0.6) is 0 Å². The van der Waals surface area contributed by atoms with E-state index in [2.05, 4.69) is 4.74 Å². The number of carbonyl (C=O) groups is 1. The molecule has 1 rings (SSSR count). The van der Waals surface area contributed by atoms with Crippen LogP contribution in [0.15, 0.2) is 24.3 Å². The van der Waals surface area contributed by atoms with E-state index in [-0.39, 0.29) is 11.3 Å². The Kier molecular flexibility index (Phi) is 3.66. The van der Waals surface area contributed by atoms with Gasteiger partial charge in [0, 0.05) is 12.1 Å².